The lowest BCUT2D eigenvalue weighted by Gasteiger charge is -2.63. The highest BCUT2D eigenvalue weighted by Crippen LogP contribution is 2.66. The van der Waals surface area contributed by atoms with Gasteiger partial charge in [-0.3, -0.25) is 4.79 Å². The van der Waals surface area contributed by atoms with Gasteiger partial charge in [-0.2, -0.15) is 0 Å². The Bertz CT molecular complexity index is 761. The van der Waals surface area contributed by atoms with Gasteiger partial charge >= 0.3 is 0 Å². The smallest absolute Gasteiger partial charge is 0.146 e. The standard InChI is InChI=1S/C26H38O2S2/c1-25-12-10-18(27)15-17(25)8-9-19-20-5-3-6-22(26(20,2)13-11-21(19)25)23(28)16-30-24-7-4-14-29-24/h4,7,14,17-22,27H,3,5-6,8-13,15-16H2,1-2H3/t17-,18+,19-,20-,21-,22+,25-,26-/m0/s1. The Morgan fingerprint density at radius 3 is 2.70 bits per heavy atom. The van der Waals surface area contributed by atoms with Crippen molar-refractivity contribution >= 4 is 28.9 Å². The van der Waals surface area contributed by atoms with Gasteiger partial charge in [-0.15, -0.1) is 23.1 Å². The fourth-order valence-electron chi connectivity index (χ4n) is 8.55. The van der Waals surface area contributed by atoms with Crippen LogP contribution in [0.25, 0.3) is 0 Å². The van der Waals surface area contributed by atoms with E-state index in [0.29, 0.717) is 17.0 Å². The topological polar surface area (TPSA) is 37.3 Å². The summed E-state index contributed by atoms with van der Waals surface area (Å²) in [6.45, 7) is 5.05. The normalized spacial score (nSPS) is 45.8. The summed E-state index contributed by atoms with van der Waals surface area (Å²) in [5.41, 5.74) is 0.638. The minimum absolute atomic E-state index is 0.0639. The summed E-state index contributed by atoms with van der Waals surface area (Å²) in [6, 6.07) is 4.22. The molecule has 0 bridgehead atoms. The number of ketones is 1. The number of rotatable bonds is 4. The molecule has 8 atom stereocenters. The fraction of sp³-hybridized carbons (Fsp3) is 0.808. The molecule has 0 aromatic carbocycles. The Morgan fingerprint density at radius 2 is 1.90 bits per heavy atom. The highest BCUT2D eigenvalue weighted by atomic mass is 32.2. The number of thiophene rings is 1. The zero-order chi connectivity index (χ0) is 20.9. The Balaban J connectivity index is 1.33. The zero-order valence-corrected chi connectivity index (χ0v) is 20.3. The predicted molar refractivity (Wildman–Crippen MR) is 126 cm³/mol. The van der Waals surface area contributed by atoms with Crippen molar-refractivity contribution in [1.29, 1.82) is 0 Å². The Kier molecular flexibility index (Phi) is 5.90. The molecule has 0 aliphatic heterocycles. The zero-order valence-electron chi connectivity index (χ0n) is 18.6. The predicted octanol–water partition coefficient (Wildman–Crippen LogP) is 6.82. The molecule has 2 nitrogen and oxygen atoms in total. The van der Waals surface area contributed by atoms with E-state index in [-0.39, 0.29) is 17.4 Å². The van der Waals surface area contributed by atoms with E-state index in [1.165, 1.54) is 49.2 Å². The van der Waals surface area contributed by atoms with E-state index in [0.717, 1.165) is 42.9 Å². The van der Waals surface area contributed by atoms with Gasteiger partial charge in [0.05, 0.1) is 16.1 Å². The van der Waals surface area contributed by atoms with Crippen molar-refractivity contribution < 1.29 is 9.90 Å². The molecule has 1 aromatic heterocycles. The molecule has 0 saturated heterocycles. The number of aliphatic hydroxyl groups excluding tert-OH is 1. The van der Waals surface area contributed by atoms with Crippen LogP contribution in [0.4, 0.5) is 0 Å². The SMILES string of the molecule is C[C@]12CC[C@@H](O)C[C@@H]1CC[C@@H]1[C@@H]2CC[C@]2(C)[C@@H](C(=O)CSc3cccs3)CCC[C@@H]12. The number of thioether (sulfide) groups is 1. The molecule has 30 heavy (non-hydrogen) atoms. The largest absolute Gasteiger partial charge is 0.393 e. The highest BCUT2D eigenvalue weighted by molar-refractivity contribution is 8.01. The van der Waals surface area contributed by atoms with Gasteiger partial charge in [0.25, 0.3) is 0 Å². The fourth-order valence-corrected chi connectivity index (χ4v) is 10.3. The quantitative estimate of drug-likeness (QED) is 0.516. The molecular formula is C26H38O2S2. The minimum Gasteiger partial charge on any atom is -0.393 e. The van der Waals surface area contributed by atoms with Gasteiger partial charge < -0.3 is 5.11 Å². The molecule has 4 aliphatic rings. The van der Waals surface area contributed by atoms with Gasteiger partial charge in [-0.05, 0) is 104 Å². The summed E-state index contributed by atoms with van der Waals surface area (Å²) in [6.07, 6.45) is 12.0. The van der Waals surface area contributed by atoms with Crippen LogP contribution in [0.3, 0.4) is 0 Å². The first-order valence-corrected chi connectivity index (χ1v) is 14.2. The lowest BCUT2D eigenvalue weighted by Crippen LogP contribution is -2.57. The van der Waals surface area contributed by atoms with Crippen LogP contribution in [0.2, 0.25) is 0 Å². The van der Waals surface area contributed by atoms with Gasteiger partial charge in [0.2, 0.25) is 0 Å². The Morgan fingerprint density at radius 1 is 1.10 bits per heavy atom. The Hall–Kier alpha value is -0.320. The second kappa shape index (κ2) is 8.23. The molecule has 0 unspecified atom stereocenters. The van der Waals surface area contributed by atoms with Crippen LogP contribution >= 0.6 is 23.1 Å². The van der Waals surface area contributed by atoms with E-state index >= 15 is 0 Å². The monoisotopic (exact) mass is 446 g/mol. The molecule has 0 radical (unpaired) electrons. The van der Waals surface area contributed by atoms with E-state index in [2.05, 4.69) is 31.4 Å². The molecule has 4 heteroatoms. The molecule has 4 fully saturated rings. The van der Waals surface area contributed by atoms with E-state index in [9.17, 15) is 9.90 Å². The molecule has 1 heterocycles. The first kappa shape index (κ1) is 21.5. The first-order valence-electron chi connectivity index (χ1n) is 12.3. The highest BCUT2D eigenvalue weighted by Gasteiger charge is 2.59. The molecule has 1 aromatic rings. The van der Waals surface area contributed by atoms with Crippen molar-refractivity contribution in [3.8, 4) is 0 Å². The maximum Gasteiger partial charge on any atom is 0.146 e. The lowest BCUT2D eigenvalue weighted by atomic mass is 9.41. The summed E-state index contributed by atoms with van der Waals surface area (Å²) >= 11 is 3.50. The van der Waals surface area contributed by atoms with Crippen molar-refractivity contribution in [2.24, 2.45) is 40.4 Å². The van der Waals surface area contributed by atoms with Crippen LogP contribution < -0.4 is 0 Å². The first-order chi connectivity index (χ1) is 14.4. The number of carbonyl (C=O) groups is 1. The van der Waals surface area contributed by atoms with Gasteiger partial charge in [0.15, 0.2) is 0 Å². The second-order valence-corrected chi connectivity index (χ2v) is 13.5. The maximum absolute atomic E-state index is 13.4. The molecule has 1 N–H and O–H groups in total. The number of hydrogen-bond donors (Lipinski definition) is 1. The summed E-state index contributed by atoms with van der Waals surface area (Å²) < 4.78 is 1.27. The van der Waals surface area contributed by atoms with Crippen LogP contribution in [0.5, 0.6) is 0 Å². The number of Topliss-reactive ketones (excluding diaryl/α,β-unsaturated/α-hetero) is 1. The average molecular weight is 447 g/mol. The summed E-state index contributed by atoms with van der Waals surface area (Å²) in [5.74, 6) is 4.50. The maximum atomic E-state index is 13.4. The summed E-state index contributed by atoms with van der Waals surface area (Å²) in [5, 5.41) is 12.4. The van der Waals surface area contributed by atoms with Gasteiger partial charge in [0, 0.05) is 5.92 Å². The van der Waals surface area contributed by atoms with Crippen LogP contribution in [0.15, 0.2) is 21.7 Å². The number of carbonyl (C=O) groups excluding carboxylic acids is 1. The van der Waals surface area contributed by atoms with E-state index in [1.54, 1.807) is 23.1 Å². The third kappa shape index (κ3) is 3.53. The van der Waals surface area contributed by atoms with Crippen LogP contribution in [-0.2, 0) is 4.79 Å². The average Bonchev–Trinajstić information content (AvgIpc) is 3.25. The molecule has 4 saturated carbocycles. The molecule has 0 amide bonds. The van der Waals surface area contributed by atoms with Gasteiger partial charge in [0.1, 0.15) is 5.78 Å². The van der Waals surface area contributed by atoms with E-state index < -0.39 is 0 Å². The van der Waals surface area contributed by atoms with Crippen molar-refractivity contribution in [3.63, 3.8) is 0 Å². The van der Waals surface area contributed by atoms with Crippen molar-refractivity contribution in [3.05, 3.63) is 17.5 Å². The van der Waals surface area contributed by atoms with Crippen LogP contribution in [-0.4, -0.2) is 22.7 Å². The third-order valence-corrected chi connectivity index (χ3v) is 12.3. The Labute approximate surface area is 190 Å². The summed E-state index contributed by atoms with van der Waals surface area (Å²) in [4.78, 5) is 13.4. The van der Waals surface area contributed by atoms with E-state index in [4.69, 9.17) is 0 Å². The summed E-state index contributed by atoms with van der Waals surface area (Å²) in [7, 11) is 0. The van der Waals surface area contributed by atoms with Crippen molar-refractivity contribution in [2.45, 2.75) is 88.4 Å². The molecule has 166 valence electrons. The molecule has 4 aliphatic carbocycles. The number of aliphatic hydroxyl groups is 1. The molecule has 0 spiro atoms. The van der Waals surface area contributed by atoms with Crippen molar-refractivity contribution in [1.82, 2.24) is 0 Å². The lowest BCUT2D eigenvalue weighted by molar-refractivity contribution is -0.158. The minimum atomic E-state index is -0.0639. The van der Waals surface area contributed by atoms with Crippen LogP contribution in [0, 0.1) is 40.4 Å². The van der Waals surface area contributed by atoms with Crippen LogP contribution in [0.1, 0.15) is 78.1 Å². The molecule has 5 rings (SSSR count). The number of hydrogen-bond acceptors (Lipinski definition) is 4. The third-order valence-electron chi connectivity index (χ3n) is 10.1. The van der Waals surface area contributed by atoms with E-state index in [1.807, 2.05) is 0 Å². The molecular weight excluding hydrogens is 408 g/mol. The second-order valence-electron chi connectivity index (χ2n) is 11.3. The van der Waals surface area contributed by atoms with Crippen molar-refractivity contribution in [2.75, 3.05) is 5.75 Å². The van der Waals surface area contributed by atoms with Gasteiger partial charge in [-0.1, -0.05) is 26.3 Å². The van der Waals surface area contributed by atoms with Gasteiger partial charge in [-0.25, -0.2) is 0 Å². The number of fused-ring (bicyclic) bond motifs is 5.